The molecule has 2 aromatic rings. The van der Waals surface area contributed by atoms with E-state index in [2.05, 4.69) is 19.2 Å². The van der Waals surface area contributed by atoms with Crippen LogP contribution in [0.1, 0.15) is 65.9 Å². The standard InChI is InChI=1S/C23H28N2O2S/c1-14-8-6-11-18(15(14)2)24-22(26)20-16-9-4-5-10-17(16)23(27)25(3)21(20)19-12-7-13-28-19/h4-5,7,9-10,12-15,18,20-21H,6,8,11H2,1-3H3,(H,24,26)/t14-,15+,18+,20-,21+/m1/s1. The van der Waals surface area contributed by atoms with Crippen molar-refractivity contribution in [2.75, 3.05) is 7.05 Å². The lowest BCUT2D eigenvalue weighted by Gasteiger charge is -2.41. The summed E-state index contributed by atoms with van der Waals surface area (Å²) in [6, 6.07) is 11.5. The molecule has 148 valence electrons. The van der Waals surface area contributed by atoms with Crippen molar-refractivity contribution in [3.05, 3.63) is 57.8 Å². The lowest BCUT2D eigenvalue weighted by atomic mass is 9.77. The van der Waals surface area contributed by atoms with E-state index in [0.29, 0.717) is 17.4 Å². The number of hydrogen-bond acceptors (Lipinski definition) is 3. The van der Waals surface area contributed by atoms with Crippen LogP contribution in [0.3, 0.4) is 0 Å². The van der Waals surface area contributed by atoms with E-state index in [-0.39, 0.29) is 29.8 Å². The fraction of sp³-hybridized carbons (Fsp3) is 0.478. The third-order valence-corrected chi connectivity index (χ3v) is 7.67. The molecule has 4 nitrogen and oxygen atoms in total. The van der Waals surface area contributed by atoms with Gasteiger partial charge in [-0.2, -0.15) is 0 Å². The van der Waals surface area contributed by atoms with Gasteiger partial charge in [-0.25, -0.2) is 0 Å². The third-order valence-electron chi connectivity index (χ3n) is 6.73. The van der Waals surface area contributed by atoms with Gasteiger partial charge in [0.1, 0.15) is 0 Å². The summed E-state index contributed by atoms with van der Waals surface area (Å²) in [5, 5.41) is 5.37. The van der Waals surface area contributed by atoms with Gasteiger partial charge in [0, 0.05) is 23.5 Å². The molecule has 0 unspecified atom stereocenters. The Morgan fingerprint density at radius 1 is 1.14 bits per heavy atom. The quantitative estimate of drug-likeness (QED) is 0.824. The summed E-state index contributed by atoms with van der Waals surface area (Å²) in [6.45, 7) is 4.52. The molecule has 0 radical (unpaired) electrons. The highest BCUT2D eigenvalue weighted by molar-refractivity contribution is 7.10. The third kappa shape index (κ3) is 3.26. The van der Waals surface area contributed by atoms with Gasteiger partial charge in [-0.1, -0.05) is 51.0 Å². The summed E-state index contributed by atoms with van der Waals surface area (Å²) >= 11 is 1.60. The molecule has 1 aromatic carbocycles. The second kappa shape index (κ2) is 7.70. The summed E-state index contributed by atoms with van der Waals surface area (Å²) in [4.78, 5) is 29.4. The fourth-order valence-electron chi connectivity index (χ4n) is 4.83. The zero-order chi connectivity index (χ0) is 19.8. The Morgan fingerprint density at radius 2 is 1.93 bits per heavy atom. The predicted octanol–water partition coefficient (Wildman–Crippen LogP) is 4.60. The molecule has 0 spiro atoms. The molecule has 1 fully saturated rings. The Hall–Kier alpha value is -2.14. The van der Waals surface area contributed by atoms with Gasteiger partial charge in [0.05, 0.1) is 12.0 Å². The first-order valence-corrected chi connectivity index (χ1v) is 11.1. The molecule has 0 bridgehead atoms. The summed E-state index contributed by atoms with van der Waals surface area (Å²) in [5.41, 5.74) is 1.49. The molecule has 2 amide bonds. The highest BCUT2D eigenvalue weighted by atomic mass is 32.1. The number of likely N-dealkylation sites (N-methyl/N-ethyl adjacent to an activating group) is 1. The first kappa shape index (κ1) is 19.2. The Bertz CT molecular complexity index is 863. The van der Waals surface area contributed by atoms with Crippen molar-refractivity contribution < 1.29 is 9.59 Å². The lowest BCUT2D eigenvalue weighted by Crippen LogP contribution is -2.50. The zero-order valence-electron chi connectivity index (χ0n) is 16.7. The molecule has 1 N–H and O–H groups in total. The smallest absolute Gasteiger partial charge is 0.254 e. The van der Waals surface area contributed by atoms with Crippen LogP contribution in [0, 0.1) is 11.8 Å². The average Bonchev–Trinajstić information content (AvgIpc) is 3.22. The molecule has 28 heavy (non-hydrogen) atoms. The minimum atomic E-state index is -0.387. The summed E-state index contributed by atoms with van der Waals surface area (Å²) in [7, 11) is 1.81. The molecule has 1 aliphatic heterocycles. The zero-order valence-corrected chi connectivity index (χ0v) is 17.5. The Labute approximate surface area is 170 Å². The van der Waals surface area contributed by atoms with Crippen LogP contribution in [0.4, 0.5) is 0 Å². The van der Waals surface area contributed by atoms with Crippen molar-refractivity contribution in [2.45, 2.75) is 51.1 Å². The van der Waals surface area contributed by atoms with Gasteiger partial charge in [0.25, 0.3) is 5.91 Å². The summed E-state index contributed by atoms with van der Waals surface area (Å²) < 4.78 is 0. The molecular formula is C23H28N2O2S. The van der Waals surface area contributed by atoms with E-state index in [1.165, 1.54) is 6.42 Å². The molecule has 1 aromatic heterocycles. The summed E-state index contributed by atoms with van der Waals surface area (Å²) in [6.07, 6.45) is 3.42. The Morgan fingerprint density at radius 3 is 2.68 bits per heavy atom. The molecule has 5 heteroatoms. The molecule has 2 heterocycles. The second-order valence-electron chi connectivity index (χ2n) is 8.32. The van der Waals surface area contributed by atoms with E-state index in [1.807, 2.05) is 48.8 Å². The van der Waals surface area contributed by atoms with Crippen molar-refractivity contribution in [2.24, 2.45) is 11.8 Å². The van der Waals surface area contributed by atoms with Crippen LogP contribution in [0.15, 0.2) is 41.8 Å². The van der Waals surface area contributed by atoms with Crippen molar-refractivity contribution >= 4 is 23.2 Å². The molecule has 0 saturated heterocycles. The van der Waals surface area contributed by atoms with Crippen LogP contribution < -0.4 is 5.32 Å². The predicted molar refractivity (Wildman–Crippen MR) is 112 cm³/mol. The second-order valence-corrected chi connectivity index (χ2v) is 9.30. The maximum Gasteiger partial charge on any atom is 0.254 e. The van der Waals surface area contributed by atoms with E-state index in [4.69, 9.17) is 0 Å². The number of nitrogens with zero attached hydrogens (tertiary/aromatic N) is 1. The molecule has 1 saturated carbocycles. The van der Waals surface area contributed by atoms with Crippen molar-refractivity contribution in [3.8, 4) is 0 Å². The Balaban J connectivity index is 1.71. The van der Waals surface area contributed by atoms with Crippen molar-refractivity contribution in [1.29, 1.82) is 0 Å². The molecule has 4 rings (SSSR count). The number of benzene rings is 1. The maximum absolute atomic E-state index is 13.6. The molecule has 5 atom stereocenters. The monoisotopic (exact) mass is 396 g/mol. The summed E-state index contributed by atoms with van der Waals surface area (Å²) in [5.74, 6) is 0.724. The number of rotatable bonds is 3. The SMILES string of the molecule is C[C@H]1[C@H](C)CCC[C@@H]1NC(=O)[C@@H]1c2ccccc2C(=O)N(C)[C@H]1c1cccs1. The van der Waals surface area contributed by atoms with Gasteiger partial charge in [-0.15, -0.1) is 11.3 Å². The van der Waals surface area contributed by atoms with Gasteiger partial charge < -0.3 is 10.2 Å². The van der Waals surface area contributed by atoms with Crippen LogP contribution in [-0.2, 0) is 4.79 Å². The average molecular weight is 397 g/mol. The fourth-order valence-corrected chi connectivity index (χ4v) is 5.74. The highest BCUT2D eigenvalue weighted by Crippen LogP contribution is 2.43. The van der Waals surface area contributed by atoms with E-state index in [0.717, 1.165) is 23.3 Å². The Kier molecular flexibility index (Phi) is 5.28. The van der Waals surface area contributed by atoms with Crippen LogP contribution in [-0.4, -0.2) is 29.8 Å². The van der Waals surface area contributed by atoms with Gasteiger partial charge in [0.15, 0.2) is 0 Å². The van der Waals surface area contributed by atoms with Gasteiger partial charge >= 0.3 is 0 Å². The van der Waals surface area contributed by atoms with Gasteiger partial charge in [0.2, 0.25) is 5.91 Å². The molecule has 2 aliphatic rings. The van der Waals surface area contributed by atoms with Crippen LogP contribution in [0.5, 0.6) is 0 Å². The van der Waals surface area contributed by atoms with Crippen LogP contribution in [0.2, 0.25) is 0 Å². The van der Waals surface area contributed by atoms with Crippen molar-refractivity contribution in [1.82, 2.24) is 10.2 Å². The minimum Gasteiger partial charge on any atom is -0.352 e. The topological polar surface area (TPSA) is 49.4 Å². The van der Waals surface area contributed by atoms with Crippen LogP contribution >= 0.6 is 11.3 Å². The van der Waals surface area contributed by atoms with Crippen molar-refractivity contribution in [3.63, 3.8) is 0 Å². The number of carbonyl (C=O) groups is 2. The largest absolute Gasteiger partial charge is 0.352 e. The number of nitrogens with one attached hydrogen (secondary N) is 1. The highest BCUT2D eigenvalue weighted by Gasteiger charge is 2.44. The number of thiophene rings is 1. The van der Waals surface area contributed by atoms with E-state index in [1.54, 1.807) is 16.2 Å². The first-order chi connectivity index (χ1) is 13.5. The number of carbonyl (C=O) groups excluding carboxylic acids is 2. The number of hydrogen-bond donors (Lipinski definition) is 1. The van der Waals surface area contributed by atoms with Gasteiger partial charge in [-0.05, 0) is 41.3 Å². The molecular weight excluding hydrogens is 368 g/mol. The normalized spacial score (nSPS) is 30.0. The number of fused-ring (bicyclic) bond motifs is 1. The minimum absolute atomic E-state index is 0.0160. The van der Waals surface area contributed by atoms with E-state index in [9.17, 15) is 9.59 Å². The lowest BCUT2D eigenvalue weighted by molar-refractivity contribution is -0.125. The first-order valence-electron chi connectivity index (χ1n) is 10.2. The number of amides is 2. The van der Waals surface area contributed by atoms with Crippen LogP contribution in [0.25, 0.3) is 0 Å². The van der Waals surface area contributed by atoms with E-state index >= 15 is 0 Å². The van der Waals surface area contributed by atoms with E-state index < -0.39 is 0 Å². The maximum atomic E-state index is 13.6. The molecule has 1 aliphatic carbocycles. The van der Waals surface area contributed by atoms with Gasteiger partial charge in [-0.3, -0.25) is 9.59 Å².